The number of aromatic nitrogens is 2. The van der Waals surface area contributed by atoms with Crippen LogP contribution in [0.5, 0.6) is 0 Å². The molecule has 0 N–H and O–H groups in total. The molecule has 1 aromatic heterocycles. The minimum atomic E-state index is -0.103. The molecule has 1 amide bonds. The Hall–Kier alpha value is -1.36. The van der Waals surface area contributed by atoms with E-state index in [-0.39, 0.29) is 11.4 Å². The lowest BCUT2D eigenvalue weighted by atomic mass is 10.1. The van der Waals surface area contributed by atoms with Crippen LogP contribution in [0.4, 0.5) is 0 Å². The maximum absolute atomic E-state index is 12.7. The molecule has 112 valence electrons. The van der Waals surface area contributed by atoms with Gasteiger partial charge >= 0.3 is 0 Å². The fourth-order valence-corrected chi connectivity index (χ4v) is 2.54. The normalized spacial score (nSPS) is 16.5. The van der Waals surface area contributed by atoms with E-state index in [4.69, 9.17) is 4.74 Å². The van der Waals surface area contributed by atoms with Gasteiger partial charge in [0.25, 0.3) is 5.91 Å². The molecule has 1 aliphatic rings. The third kappa shape index (κ3) is 3.03. The minimum absolute atomic E-state index is 0.0900. The summed E-state index contributed by atoms with van der Waals surface area (Å²) in [4.78, 5) is 14.5. The van der Waals surface area contributed by atoms with E-state index in [0.29, 0.717) is 26.3 Å². The average molecular weight is 279 g/mol. The molecule has 0 radical (unpaired) electrons. The number of ether oxygens (including phenoxy) is 1. The van der Waals surface area contributed by atoms with Gasteiger partial charge in [0, 0.05) is 13.1 Å². The van der Waals surface area contributed by atoms with Gasteiger partial charge < -0.3 is 9.64 Å². The van der Waals surface area contributed by atoms with Crippen LogP contribution < -0.4 is 0 Å². The van der Waals surface area contributed by atoms with Gasteiger partial charge in [-0.25, -0.2) is 0 Å². The fourth-order valence-electron chi connectivity index (χ4n) is 2.54. The van der Waals surface area contributed by atoms with Gasteiger partial charge in [-0.3, -0.25) is 9.48 Å². The van der Waals surface area contributed by atoms with Crippen molar-refractivity contribution in [1.82, 2.24) is 14.7 Å². The number of rotatable bonds is 3. The zero-order valence-electron chi connectivity index (χ0n) is 13.0. The quantitative estimate of drug-likeness (QED) is 0.851. The first kappa shape index (κ1) is 15.0. The van der Waals surface area contributed by atoms with Crippen molar-refractivity contribution in [2.75, 3.05) is 26.3 Å². The molecule has 0 unspecified atom stereocenters. The first-order chi connectivity index (χ1) is 9.45. The van der Waals surface area contributed by atoms with E-state index >= 15 is 0 Å². The molecule has 0 atom stereocenters. The molecule has 5 heteroatoms. The van der Waals surface area contributed by atoms with Crippen molar-refractivity contribution < 1.29 is 9.53 Å². The van der Waals surface area contributed by atoms with Gasteiger partial charge in [0.15, 0.2) is 0 Å². The Morgan fingerprint density at radius 3 is 2.55 bits per heavy atom. The van der Waals surface area contributed by atoms with E-state index in [1.165, 1.54) is 0 Å². The standard InChI is InChI=1S/C15H25N3O2/c1-5-6-13-12(11-16-18(13)15(2,3)4)14(19)17-7-9-20-10-8-17/h11H,5-10H2,1-4H3. The second kappa shape index (κ2) is 5.95. The molecule has 2 heterocycles. The highest BCUT2D eigenvalue weighted by Gasteiger charge is 2.27. The maximum Gasteiger partial charge on any atom is 0.257 e. The summed E-state index contributed by atoms with van der Waals surface area (Å²) in [6.07, 6.45) is 3.61. The second-order valence-electron chi connectivity index (χ2n) is 6.24. The van der Waals surface area contributed by atoms with Crippen LogP contribution in [0.25, 0.3) is 0 Å². The van der Waals surface area contributed by atoms with Crippen molar-refractivity contribution in [1.29, 1.82) is 0 Å². The van der Waals surface area contributed by atoms with Gasteiger partial charge in [-0.1, -0.05) is 13.3 Å². The zero-order valence-corrected chi connectivity index (χ0v) is 13.0. The summed E-state index contributed by atoms with van der Waals surface area (Å²) in [6, 6.07) is 0. The number of hydrogen-bond donors (Lipinski definition) is 0. The maximum atomic E-state index is 12.7. The highest BCUT2D eigenvalue weighted by atomic mass is 16.5. The third-order valence-electron chi connectivity index (χ3n) is 3.52. The molecule has 1 aromatic rings. The molecule has 0 bridgehead atoms. The summed E-state index contributed by atoms with van der Waals surface area (Å²) in [5, 5.41) is 4.46. The predicted octanol–water partition coefficient (Wildman–Crippen LogP) is 2.06. The Balaban J connectivity index is 2.30. The molecule has 1 fully saturated rings. The molecule has 0 spiro atoms. The summed E-state index contributed by atoms with van der Waals surface area (Å²) in [7, 11) is 0. The predicted molar refractivity (Wildman–Crippen MR) is 77.9 cm³/mol. The summed E-state index contributed by atoms with van der Waals surface area (Å²) in [5.74, 6) is 0.0900. The van der Waals surface area contributed by atoms with E-state index in [9.17, 15) is 4.79 Å². The van der Waals surface area contributed by atoms with Gasteiger partial charge in [0.1, 0.15) is 0 Å². The number of morpholine rings is 1. The van der Waals surface area contributed by atoms with Crippen molar-refractivity contribution in [3.05, 3.63) is 17.5 Å². The van der Waals surface area contributed by atoms with Crippen molar-refractivity contribution in [2.45, 2.75) is 46.1 Å². The van der Waals surface area contributed by atoms with Gasteiger partial charge in [-0.05, 0) is 27.2 Å². The van der Waals surface area contributed by atoms with E-state index in [1.54, 1.807) is 6.20 Å². The van der Waals surface area contributed by atoms with Crippen LogP contribution in [0.2, 0.25) is 0 Å². The summed E-state index contributed by atoms with van der Waals surface area (Å²) < 4.78 is 7.30. The zero-order chi connectivity index (χ0) is 14.8. The Bertz CT molecular complexity index is 468. The molecule has 1 aliphatic heterocycles. The van der Waals surface area contributed by atoms with Gasteiger partial charge in [0.2, 0.25) is 0 Å². The summed E-state index contributed by atoms with van der Waals surface area (Å²) in [5.41, 5.74) is 1.70. The van der Waals surface area contributed by atoms with Crippen molar-refractivity contribution in [3.8, 4) is 0 Å². The summed E-state index contributed by atoms with van der Waals surface area (Å²) in [6.45, 7) is 11.1. The molecule has 2 rings (SSSR count). The number of amides is 1. The van der Waals surface area contributed by atoms with Crippen LogP contribution in [-0.2, 0) is 16.7 Å². The number of nitrogens with zero attached hydrogens (tertiary/aromatic N) is 3. The van der Waals surface area contributed by atoms with Crippen LogP contribution in [0.1, 0.15) is 50.2 Å². The Morgan fingerprint density at radius 1 is 1.35 bits per heavy atom. The fraction of sp³-hybridized carbons (Fsp3) is 0.733. The minimum Gasteiger partial charge on any atom is -0.378 e. The first-order valence-electron chi connectivity index (χ1n) is 7.39. The van der Waals surface area contributed by atoms with E-state index in [0.717, 1.165) is 24.1 Å². The number of hydrogen-bond acceptors (Lipinski definition) is 3. The highest BCUT2D eigenvalue weighted by molar-refractivity contribution is 5.95. The van der Waals surface area contributed by atoms with Gasteiger partial charge in [-0.15, -0.1) is 0 Å². The lowest BCUT2D eigenvalue weighted by Gasteiger charge is -2.27. The van der Waals surface area contributed by atoms with Crippen molar-refractivity contribution in [3.63, 3.8) is 0 Å². The Labute approximate surface area is 120 Å². The lowest BCUT2D eigenvalue weighted by Crippen LogP contribution is -2.41. The van der Waals surface area contributed by atoms with Crippen molar-refractivity contribution in [2.24, 2.45) is 0 Å². The van der Waals surface area contributed by atoms with Gasteiger partial charge in [0.05, 0.1) is 36.2 Å². The molecular formula is C15H25N3O2. The largest absolute Gasteiger partial charge is 0.378 e. The Morgan fingerprint density at radius 2 is 2.00 bits per heavy atom. The van der Waals surface area contributed by atoms with Crippen LogP contribution in [-0.4, -0.2) is 46.9 Å². The number of carbonyl (C=O) groups is 1. The van der Waals surface area contributed by atoms with Crippen LogP contribution >= 0.6 is 0 Å². The monoisotopic (exact) mass is 279 g/mol. The van der Waals surface area contributed by atoms with Crippen LogP contribution in [0.3, 0.4) is 0 Å². The van der Waals surface area contributed by atoms with E-state index in [1.807, 2.05) is 9.58 Å². The Kier molecular flexibility index (Phi) is 4.48. The third-order valence-corrected chi connectivity index (χ3v) is 3.52. The molecular weight excluding hydrogens is 254 g/mol. The second-order valence-corrected chi connectivity index (χ2v) is 6.24. The SMILES string of the molecule is CCCc1c(C(=O)N2CCOCC2)cnn1C(C)(C)C. The first-order valence-corrected chi connectivity index (χ1v) is 7.39. The van der Waals surface area contributed by atoms with E-state index < -0.39 is 0 Å². The highest BCUT2D eigenvalue weighted by Crippen LogP contribution is 2.22. The van der Waals surface area contributed by atoms with Crippen LogP contribution in [0, 0.1) is 0 Å². The molecule has 1 saturated heterocycles. The molecule has 0 saturated carbocycles. The van der Waals surface area contributed by atoms with Crippen molar-refractivity contribution >= 4 is 5.91 Å². The average Bonchev–Trinajstić information content (AvgIpc) is 2.83. The molecule has 0 aromatic carbocycles. The molecule has 20 heavy (non-hydrogen) atoms. The topological polar surface area (TPSA) is 47.4 Å². The molecule has 0 aliphatic carbocycles. The smallest absolute Gasteiger partial charge is 0.257 e. The lowest BCUT2D eigenvalue weighted by molar-refractivity contribution is 0.0302. The summed E-state index contributed by atoms with van der Waals surface area (Å²) >= 11 is 0. The number of carbonyl (C=O) groups excluding carboxylic acids is 1. The van der Waals surface area contributed by atoms with Crippen LogP contribution in [0.15, 0.2) is 6.20 Å². The van der Waals surface area contributed by atoms with Gasteiger partial charge in [-0.2, -0.15) is 5.10 Å². The molecule has 5 nitrogen and oxygen atoms in total. The van der Waals surface area contributed by atoms with E-state index in [2.05, 4.69) is 32.8 Å².